The zero-order chi connectivity index (χ0) is 21.5. The molecule has 0 aromatic carbocycles. The van der Waals surface area contributed by atoms with Gasteiger partial charge >= 0.3 is 0 Å². The molecule has 1 heterocycles. The van der Waals surface area contributed by atoms with Crippen LogP contribution in [-0.2, 0) is 14.3 Å². The first-order chi connectivity index (χ1) is 14.1. The third kappa shape index (κ3) is 2.49. The molecule has 8 atom stereocenters. The van der Waals surface area contributed by atoms with Crippen LogP contribution in [0.1, 0.15) is 72.6 Å². The normalized spacial score (nSPS) is 51.6. The number of fused-ring (bicyclic) bond motifs is 7. The Morgan fingerprint density at radius 3 is 2.67 bits per heavy atom. The molecule has 0 aromatic heterocycles. The van der Waals surface area contributed by atoms with E-state index in [0.29, 0.717) is 17.8 Å². The number of allylic oxidation sites excluding steroid dienone is 1. The van der Waals surface area contributed by atoms with E-state index in [1.165, 1.54) is 11.6 Å². The summed E-state index contributed by atoms with van der Waals surface area (Å²) < 4.78 is 12.8. The molecule has 5 heteroatoms. The van der Waals surface area contributed by atoms with Crippen molar-refractivity contribution in [3.05, 3.63) is 24.0 Å². The minimum atomic E-state index is -1.03. The molecule has 1 saturated heterocycles. The highest BCUT2D eigenvalue weighted by Crippen LogP contribution is 2.70. The second kappa shape index (κ2) is 6.43. The van der Waals surface area contributed by atoms with Gasteiger partial charge in [-0.15, -0.1) is 0 Å². The van der Waals surface area contributed by atoms with Gasteiger partial charge in [0.2, 0.25) is 0 Å². The Morgan fingerprint density at radius 1 is 1.17 bits per heavy atom. The molecule has 0 radical (unpaired) electrons. The number of ether oxygens (including phenoxy) is 2. The Balaban J connectivity index is 1.55. The Morgan fingerprint density at radius 2 is 1.93 bits per heavy atom. The summed E-state index contributed by atoms with van der Waals surface area (Å²) in [5.41, 5.74) is 0.259. The molecule has 0 unspecified atom stereocenters. The SMILES string of the molecule is CC1(C)O[C@H]2C[C@@H]3[C@H]4CC=C5C[C@@H](O)CC[C@@]5(C)[C@@H]4CC[C@@]3(C)[C@@]2(C(=O)/C=C/O)O1. The number of carbonyl (C=O) groups is 1. The predicted octanol–water partition coefficient (Wildman–Crippen LogP) is 4.45. The summed E-state index contributed by atoms with van der Waals surface area (Å²) in [6.45, 7) is 8.41. The quantitative estimate of drug-likeness (QED) is 0.395. The summed E-state index contributed by atoms with van der Waals surface area (Å²) in [4.78, 5) is 13.4. The van der Waals surface area contributed by atoms with Crippen LogP contribution in [0, 0.1) is 28.6 Å². The van der Waals surface area contributed by atoms with Crippen LogP contribution < -0.4 is 0 Å². The molecule has 0 spiro atoms. The summed E-state index contributed by atoms with van der Waals surface area (Å²) >= 11 is 0. The summed E-state index contributed by atoms with van der Waals surface area (Å²) in [7, 11) is 0. The highest BCUT2D eigenvalue weighted by atomic mass is 16.8. The molecular formula is C25H36O5. The van der Waals surface area contributed by atoms with E-state index in [1.807, 2.05) is 13.8 Å². The van der Waals surface area contributed by atoms with E-state index in [-0.39, 0.29) is 28.8 Å². The maximum absolute atomic E-state index is 13.4. The van der Waals surface area contributed by atoms with Crippen molar-refractivity contribution in [2.24, 2.45) is 28.6 Å². The second-order valence-electron chi connectivity index (χ2n) is 11.4. The fraction of sp³-hybridized carbons (Fsp3) is 0.800. The van der Waals surface area contributed by atoms with Crippen LogP contribution >= 0.6 is 0 Å². The van der Waals surface area contributed by atoms with Gasteiger partial charge in [-0.05, 0) is 82.0 Å². The highest BCUT2D eigenvalue weighted by Gasteiger charge is 2.75. The summed E-state index contributed by atoms with van der Waals surface area (Å²) in [5, 5.41) is 19.6. The Bertz CT molecular complexity index is 814. The summed E-state index contributed by atoms with van der Waals surface area (Å²) in [6, 6.07) is 0. The average Bonchev–Trinajstić information content (AvgIpc) is 3.08. The molecule has 5 nitrogen and oxygen atoms in total. The van der Waals surface area contributed by atoms with E-state index >= 15 is 0 Å². The van der Waals surface area contributed by atoms with Crippen LogP contribution in [0.2, 0.25) is 0 Å². The molecule has 3 saturated carbocycles. The first kappa shape index (κ1) is 20.7. The van der Waals surface area contributed by atoms with Gasteiger partial charge < -0.3 is 19.7 Å². The van der Waals surface area contributed by atoms with Crippen LogP contribution in [0.25, 0.3) is 0 Å². The van der Waals surface area contributed by atoms with Crippen molar-refractivity contribution < 1.29 is 24.5 Å². The van der Waals surface area contributed by atoms with Gasteiger partial charge in [0.15, 0.2) is 17.2 Å². The van der Waals surface area contributed by atoms with Gasteiger partial charge in [-0.1, -0.05) is 25.5 Å². The van der Waals surface area contributed by atoms with Crippen LogP contribution in [-0.4, -0.2) is 39.6 Å². The summed E-state index contributed by atoms with van der Waals surface area (Å²) in [6.07, 6.45) is 10.6. The van der Waals surface area contributed by atoms with Crippen LogP contribution in [0.4, 0.5) is 0 Å². The average molecular weight is 417 g/mol. The number of aliphatic hydroxyl groups excluding tert-OH is 2. The molecule has 2 N–H and O–H groups in total. The number of ketones is 1. The second-order valence-corrected chi connectivity index (χ2v) is 11.4. The first-order valence-corrected chi connectivity index (χ1v) is 11.7. The first-order valence-electron chi connectivity index (χ1n) is 11.7. The standard InChI is InChI=1S/C25H36O5/c1-22(2)29-21-14-19-17-6-5-15-13-16(27)7-10-23(15,3)18(17)8-11-24(19,4)25(21,30-22)20(28)9-12-26/h5,9,12,16-19,21,26-27H,6-8,10-11,13-14H2,1-4H3/b12-9+/t16-,17-,18+,19+,21-,23+,24+,25-/m0/s1. The lowest BCUT2D eigenvalue weighted by Gasteiger charge is -2.59. The number of hydrogen-bond donors (Lipinski definition) is 2. The number of hydrogen-bond acceptors (Lipinski definition) is 5. The molecule has 4 aliphatic carbocycles. The van der Waals surface area contributed by atoms with Gasteiger partial charge in [-0.25, -0.2) is 0 Å². The largest absolute Gasteiger partial charge is 0.515 e. The van der Waals surface area contributed by atoms with Gasteiger partial charge in [-0.3, -0.25) is 4.79 Å². The Kier molecular flexibility index (Phi) is 4.44. The minimum Gasteiger partial charge on any atom is -0.515 e. The van der Waals surface area contributed by atoms with Crippen molar-refractivity contribution in [2.45, 2.75) is 96.2 Å². The van der Waals surface area contributed by atoms with Crippen molar-refractivity contribution in [2.75, 3.05) is 0 Å². The third-order valence-corrected chi connectivity index (χ3v) is 9.66. The molecule has 1 aliphatic heterocycles. The lowest BCUT2D eigenvalue weighted by molar-refractivity contribution is -0.212. The molecule has 0 bridgehead atoms. The van der Waals surface area contributed by atoms with Crippen molar-refractivity contribution in [3.8, 4) is 0 Å². The molecule has 0 amide bonds. The number of rotatable bonds is 2. The van der Waals surface area contributed by atoms with Crippen molar-refractivity contribution in [1.29, 1.82) is 0 Å². The van der Waals surface area contributed by atoms with Gasteiger partial charge in [0.1, 0.15) is 0 Å². The van der Waals surface area contributed by atoms with Gasteiger partial charge in [0.25, 0.3) is 0 Å². The fourth-order valence-corrected chi connectivity index (χ4v) is 8.37. The van der Waals surface area contributed by atoms with Gasteiger partial charge in [0.05, 0.1) is 18.5 Å². The predicted molar refractivity (Wildman–Crippen MR) is 113 cm³/mol. The van der Waals surface area contributed by atoms with Crippen LogP contribution in [0.3, 0.4) is 0 Å². The molecule has 30 heavy (non-hydrogen) atoms. The van der Waals surface area contributed by atoms with Crippen molar-refractivity contribution >= 4 is 5.78 Å². The number of carbonyl (C=O) groups excluding carboxylic acids is 1. The zero-order valence-corrected chi connectivity index (χ0v) is 18.7. The van der Waals surface area contributed by atoms with E-state index in [9.17, 15) is 15.0 Å². The van der Waals surface area contributed by atoms with E-state index in [4.69, 9.17) is 9.47 Å². The topological polar surface area (TPSA) is 76.0 Å². The molecular weight excluding hydrogens is 380 g/mol. The smallest absolute Gasteiger partial charge is 0.193 e. The van der Waals surface area contributed by atoms with Crippen LogP contribution in [0.15, 0.2) is 24.0 Å². The highest BCUT2D eigenvalue weighted by molar-refractivity contribution is 5.99. The lowest BCUT2D eigenvalue weighted by atomic mass is 9.46. The molecule has 166 valence electrons. The third-order valence-electron chi connectivity index (χ3n) is 9.66. The van der Waals surface area contributed by atoms with E-state index < -0.39 is 11.4 Å². The molecule has 5 rings (SSSR count). The monoisotopic (exact) mass is 416 g/mol. The van der Waals surface area contributed by atoms with Crippen molar-refractivity contribution in [3.63, 3.8) is 0 Å². The zero-order valence-electron chi connectivity index (χ0n) is 18.7. The molecule has 0 aromatic rings. The Hall–Kier alpha value is -1.17. The lowest BCUT2D eigenvalue weighted by Crippen LogP contribution is -2.60. The Labute approximate surface area is 179 Å². The molecule has 5 aliphatic rings. The van der Waals surface area contributed by atoms with E-state index in [2.05, 4.69) is 19.9 Å². The minimum absolute atomic E-state index is 0.157. The van der Waals surface area contributed by atoms with E-state index in [0.717, 1.165) is 51.2 Å². The summed E-state index contributed by atoms with van der Waals surface area (Å²) in [5.74, 6) is 0.448. The van der Waals surface area contributed by atoms with Crippen molar-refractivity contribution in [1.82, 2.24) is 0 Å². The fourth-order valence-electron chi connectivity index (χ4n) is 8.37. The molecule has 4 fully saturated rings. The maximum Gasteiger partial charge on any atom is 0.193 e. The number of aliphatic hydroxyl groups is 2. The maximum atomic E-state index is 13.4. The van der Waals surface area contributed by atoms with Gasteiger partial charge in [0, 0.05) is 11.5 Å². The van der Waals surface area contributed by atoms with Crippen LogP contribution in [0.5, 0.6) is 0 Å². The van der Waals surface area contributed by atoms with E-state index in [1.54, 1.807) is 0 Å². The van der Waals surface area contributed by atoms with Gasteiger partial charge in [-0.2, -0.15) is 0 Å².